The third kappa shape index (κ3) is 34.3. The van der Waals surface area contributed by atoms with E-state index in [1.165, 1.54) is 128 Å². The average Bonchev–Trinajstić information content (AvgIpc) is 3.18. The molecule has 6 nitrogen and oxygen atoms in total. The van der Waals surface area contributed by atoms with Gasteiger partial charge in [-0.05, 0) is 98.6 Å². The van der Waals surface area contributed by atoms with E-state index in [1.54, 1.807) is 0 Å². The summed E-state index contributed by atoms with van der Waals surface area (Å²) in [7, 11) is 0. The summed E-state index contributed by atoms with van der Waals surface area (Å²) in [6.45, 7) is 18.6. The first-order valence-corrected chi connectivity index (χ1v) is 25.3. The van der Waals surface area contributed by atoms with Crippen molar-refractivity contribution < 1.29 is 24.2 Å². The molecule has 0 aliphatic heterocycles. The van der Waals surface area contributed by atoms with Crippen molar-refractivity contribution in [3.8, 4) is 0 Å². The SMILES string of the molecule is CCCCCCCCCCOC(=O)C(C)(C)CCCCCCN(CCO)CCCCCCC(C)(C)C(=O)OC(CCCCCCCCC)CCCCCCCCC. The zero-order chi connectivity index (χ0) is 42.3. The van der Waals surface area contributed by atoms with Gasteiger partial charge in [0.2, 0.25) is 0 Å². The van der Waals surface area contributed by atoms with Gasteiger partial charge in [-0.15, -0.1) is 0 Å². The van der Waals surface area contributed by atoms with Crippen LogP contribution in [0.2, 0.25) is 0 Å². The molecule has 0 bridgehead atoms. The lowest BCUT2D eigenvalue weighted by Gasteiger charge is -2.27. The van der Waals surface area contributed by atoms with E-state index < -0.39 is 10.8 Å². The summed E-state index contributed by atoms with van der Waals surface area (Å²) in [5, 5.41) is 9.68. The Balaban J connectivity index is 4.35. The molecule has 0 rings (SSSR count). The lowest BCUT2D eigenvalue weighted by Crippen LogP contribution is -2.31. The molecular weight excluding hydrogens is 707 g/mol. The number of aliphatic hydroxyl groups excluding tert-OH is 1. The molecule has 0 saturated carbocycles. The first-order valence-electron chi connectivity index (χ1n) is 25.3. The Bertz CT molecular complexity index is 871. The predicted molar refractivity (Wildman–Crippen MR) is 246 cm³/mol. The van der Waals surface area contributed by atoms with E-state index in [-0.39, 0.29) is 24.6 Å². The molecule has 0 heterocycles. The summed E-state index contributed by atoms with van der Waals surface area (Å²) in [5.41, 5.74) is -0.856. The zero-order valence-corrected chi connectivity index (χ0v) is 39.7. The van der Waals surface area contributed by atoms with Crippen LogP contribution in [-0.2, 0) is 19.1 Å². The van der Waals surface area contributed by atoms with Crippen molar-refractivity contribution >= 4 is 11.9 Å². The number of nitrogens with zero attached hydrogens (tertiary/aromatic N) is 1. The number of ether oxygens (including phenoxy) is 2. The maximum absolute atomic E-state index is 13.4. The summed E-state index contributed by atoms with van der Waals surface area (Å²) in [6.07, 6.45) is 40.8. The van der Waals surface area contributed by atoms with Gasteiger partial charge >= 0.3 is 11.9 Å². The lowest BCUT2D eigenvalue weighted by atomic mass is 9.86. The normalized spacial score (nSPS) is 12.2. The molecule has 0 aromatic carbocycles. The number of esters is 2. The molecule has 340 valence electrons. The van der Waals surface area contributed by atoms with Gasteiger partial charge in [0.05, 0.1) is 24.0 Å². The van der Waals surface area contributed by atoms with Crippen LogP contribution in [-0.4, -0.2) is 60.9 Å². The first kappa shape index (κ1) is 55.9. The topological polar surface area (TPSA) is 76.1 Å². The number of unbranched alkanes of at least 4 members (excludes halogenated alkanes) is 25. The summed E-state index contributed by atoms with van der Waals surface area (Å²) >= 11 is 0. The molecule has 0 spiro atoms. The number of hydrogen-bond donors (Lipinski definition) is 1. The van der Waals surface area contributed by atoms with Crippen LogP contribution < -0.4 is 0 Å². The highest BCUT2D eigenvalue weighted by atomic mass is 16.5. The van der Waals surface area contributed by atoms with Gasteiger partial charge in [-0.3, -0.25) is 9.59 Å². The molecule has 0 saturated heterocycles. The number of rotatable bonds is 44. The largest absolute Gasteiger partial charge is 0.465 e. The fourth-order valence-corrected chi connectivity index (χ4v) is 8.02. The van der Waals surface area contributed by atoms with Crippen molar-refractivity contribution in [2.75, 3.05) is 32.8 Å². The monoisotopic (exact) mass is 808 g/mol. The third-order valence-corrected chi connectivity index (χ3v) is 12.3. The van der Waals surface area contributed by atoms with Gasteiger partial charge in [-0.1, -0.05) is 181 Å². The summed E-state index contributed by atoms with van der Waals surface area (Å²) in [4.78, 5) is 28.5. The van der Waals surface area contributed by atoms with Crippen molar-refractivity contribution in [3.05, 3.63) is 0 Å². The molecule has 0 aromatic rings. The van der Waals surface area contributed by atoms with Gasteiger partial charge in [0.25, 0.3) is 0 Å². The Hall–Kier alpha value is -1.14. The maximum atomic E-state index is 13.4. The Morgan fingerprint density at radius 3 is 1.23 bits per heavy atom. The van der Waals surface area contributed by atoms with Gasteiger partial charge in [0.15, 0.2) is 0 Å². The molecule has 0 aromatic heterocycles. The molecule has 0 radical (unpaired) electrons. The second-order valence-corrected chi connectivity index (χ2v) is 19.1. The Morgan fingerprint density at radius 2 is 0.807 bits per heavy atom. The minimum atomic E-state index is -0.441. The van der Waals surface area contributed by atoms with Crippen molar-refractivity contribution in [2.24, 2.45) is 10.8 Å². The number of carbonyl (C=O) groups excluding carboxylic acids is 2. The first-order chi connectivity index (χ1) is 27.5. The molecule has 0 aliphatic carbocycles. The standard InChI is InChI=1S/C51H101NO5/c1-8-11-14-17-20-23-30-37-46-56-48(54)50(4,5)40-33-26-28-35-42-52(44-45-53)43-36-29-27-34-41-51(6,7)49(55)57-47(38-31-24-21-18-15-12-9-2)39-32-25-22-19-16-13-10-3/h47,53H,8-46H2,1-7H3. The van der Waals surface area contributed by atoms with E-state index in [0.717, 1.165) is 110 Å². The highest BCUT2D eigenvalue weighted by Crippen LogP contribution is 2.29. The van der Waals surface area contributed by atoms with Crippen LogP contribution in [0.4, 0.5) is 0 Å². The Kier molecular flexibility index (Phi) is 38.2. The number of hydrogen-bond acceptors (Lipinski definition) is 6. The van der Waals surface area contributed by atoms with Crippen LogP contribution in [0, 0.1) is 10.8 Å². The molecule has 1 N–H and O–H groups in total. The zero-order valence-electron chi connectivity index (χ0n) is 39.7. The fraction of sp³-hybridized carbons (Fsp3) is 0.961. The van der Waals surface area contributed by atoms with E-state index >= 15 is 0 Å². The summed E-state index contributed by atoms with van der Waals surface area (Å²) in [5.74, 6) is -0.0371. The van der Waals surface area contributed by atoms with E-state index in [0.29, 0.717) is 6.61 Å². The fourth-order valence-electron chi connectivity index (χ4n) is 8.02. The van der Waals surface area contributed by atoms with Crippen LogP contribution in [0.3, 0.4) is 0 Å². The van der Waals surface area contributed by atoms with Crippen LogP contribution in [0.15, 0.2) is 0 Å². The second-order valence-electron chi connectivity index (χ2n) is 19.1. The van der Waals surface area contributed by atoms with Gasteiger partial charge in [0, 0.05) is 6.54 Å². The minimum Gasteiger partial charge on any atom is -0.465 e. The molecule has 6 heteroatoms. The van der Waals surface area contributed by atoms with E-state index in [2.05, 4.69) is 39.5 Å². The Labute approximate surface area is 356 Å². The summed E-state index contributed by atoms with van der Waals surface area (Å²) in [6, 6.07) is 0. The molecular formula is C51H101NO5. The Morgan fingerprint density at radius 1 is 0.456 bits per heavy atom. The lowest BCUT2D eigenvalue weighted by molar-refractivity contribution is -0.161. The van der Waals surface area contributed by atoms with Crippen LogP contribution in [0.5, 0.6) is 0 Å². The van der Waals surface area contributed by atoms with E-state index in [1.807, 2.05) is 13.8 Å². The quantitative estimate of drug-likeness (QED) is 0.0488. The highest BCUT2D eigenvalue weighted by molar-refractivity contribution is 5.76. The smallest absolute Gasteiger partial charge is 0.311 e. The third-order valence-electron chi connectivity index (χ3n) is 12.3. The molecule has 0 unspecified atom stereocenters. The maximum Gasteiger partial charge on any atom is 0.311 e. The molecule has 0 atom stereocenters. The molecule has 57 heavy (non-hydrogen) atoms. The summed E-state index contributed by atoms with van der Waals surface area (Å²) < 4.78 is 11.9. The van der Waals surface area contributed by atoms with Gasteiger partial charge in [-0.2, -0.15) is 0 Å². The number of carbonyl (C=O) groups is 2. The van der Waals surface area contributed by atoms with Crippen molar-refractivity contribution in [1.82, 2.24) is 4.90 Å². The predicted octanol–water partition coefficient (Wildman–Crippen LogP) is 15.1. The van der Waals surface area contributed by atoms with E-state index in [9.17, 15) is 14.7 Å². The highest BCUT2D eigenvalue weighted by Gasteiger charge is 2.31. The van der Waals surface area contributed by atoms with Crippen molar-refractivity contribution in [2.45, 2.75) is 273 Å². The van der Waals surface area contributed by atoms with Crippen LogP contribution >= 0.6 is 0 Å². The van der Waals surface area contributed by atoms with E-state index in [4.69, 9.17) is 9.47 Å². The average molecular weight is 808 g/mol. The molecule has 0 aliphatic rings. The van der Waals surface area contributed by atoms with Crippen LogP contribution in [0.25, 0.3) is 0 Å². The number of aliphatic hydroxyl groups is 1. The van der Waals surface area contributed by atoms with Gasteiger partial charge in [-0.25, -0.2) is 0 Å². The van der Waals surface area contributed by atoms with Crippen molar-refractivity contribution in [1.29, 1.82) is 0 Å². The molecule has 0 amide bonds. The van der Waals surface area contributed by atoms with Gasteiger partial charge in [0.1, 0.15) is 6.10 Å². The minimum absolute atomic E-state index is 0.00472. The second kappa shape index (κ2) is 39.0. The van der Waals surface area contributed by atoms with Crippen LogP contribution in [0.1, 0.15) is 267 Å². The van der Waals surface area contributed by atoms with Gasteiger partial charge < -0.3 is 19.5 Å². The molecule has 0 fully saturated rings. The van der Waals surface area contributed by atoms with Crippen molar-refractivity contribution in [3.63, 3.8) is 0 Å².